The Labute approximate surface area is 146 Å². The van der Waals surface area contributed by atoms with E-state index >= 15 is 0 Å². The Morgan fingerprint density at radius 1 is 1.08 bits per heavy atom. The van der Waals surface area contributed by atoms with E-state index in [1.165, 1.54) is 44.9 Å². The molecule has 5 atom stereocenters. The SMILES string of the molecule is CC12NC(CCCCNC=O)C(=O)C1(C)C1CCCCCCCC12. The minimum absolute atomic E-state index is 0.00476. The van der Waals surface area contributed by atoms with Crippen LogP contribution in [0.25, 0.3) is 0 Å². The molecule has 3 fully saturated rings. The van der Waals surface area contributed by atoms with Crippen LogP contribution in [0.5, 0.6) is 0 Å². The summed E-state index contributed by atoms with van der Waals surface area (Å²) < 4.78 is 0. The summed E-state index contributed by atoms with van der Waals surface area (Å²) in [5.74, 6) is 1.72. The van der Waals surface area contributed by atoms with Crippen LogP contribution in [-0.2, 0) is 9.59 Å². The molecule has 1 saturated heterocycles. The lowest BCUT2D eigenvalue weighted by Gasteiger charge is -2.63. The van der Waals surface area contributed by atoms with E-state index in [1.807, 2.05) is 0 Å². The number of nitrogens with one attached hydrogen (secondary N) is 2. The van der Waals surface area contributed by atoms with Crippen LogP contribution in [0.1, 0.15) is 78.1 Å². The van der Waals surface area contributed by atoms with Gasteiger partial charge < -0.3 is 10.6 Å². The van der Waals surface area contributed by atoms with Crippen molar-refractivity contribution in [2.75, 3.05) is 6.54 Å². The zero-order valence-electron chi connectivity index (χ0n) is 15.4. The van der Waals surface area contributed by atoms with E-state index in [4.69, 9.17) is 0 Å². The van der Waals surface area contributed by atoms with Crippen LogP contribution in [0, 0.1) is 17.3 Å². The number of hydrogen-bond donors (Lipinski definition) is 2. The van der Waals surface area contributed by atoms with Crippen molar-refractivity contribution in [3.63, 3.8) is 0 Å². The second-order valence-corrected chi connectivity index (χ2v) is 8.59. The molecule has 0 bridgehead atoms. The molecule has 2 N–H and O–H groups in total. The van der Waals surface area contributed by atoms with Crippen molar-refractivity contribution < 1.29 is 9.59 Å². The third kappa shape index (κ3) is 2.71. The van der Waals surface area contributed by atoms with Crippen LogP contribution in [-0.4, -0.2) is 30.3 Å². The number of unbranched alkanes of at least 4 members (excludes halogenated alkanes) is 1. The first-order valence-corrected chi connectivity index (χ1v) is 10.0. The molecule has 3 rings (SSSR count). The van der Waals surface area contributed by atoms with Crippen molar-refractivity contribution >= 4 is 12.2 Å². The number of rotatable bonds is 6. The zero-order chi connectivity index (χ0) is 17.2. The Kier molecular flexibility index (Phi) is 5.33. The average Bonchev–Trinajstić information content (AvgIpc) is 2.82. The third-order valence-corrected chi connectivity index (χ3v) is 7.53. The summed E-state index contributed by atoms with van der Waals surface area (Å²) in [4.78, 5) is 23.5. The summed E-state index contributed by atoms with van der Waals surface area (Å²) in [6, 6.07) is 0.0201. The van der Waals surface area contributed by atoms with Gasteiger partial charge in [0.2, 0.25) is 6.41 Å². The van der Waals surface area contributed by atoms with Crippen molar-refractivity contribution in [3.8, 4) is 0 Å². The number of Topliss-reactive ketones (excluding diaryl/α,β-unsaturated/α-hetero) is 1. The fourth-order valence-corrected chi connectivity index (χ4v) is 6.04. The van der Waals surface area contributed by atoms with E-state index in [2.05, 4.69) is 24.5 Å². The molecule has 0 spiro atoms. The van der Waals surface area contributed by atoms with Crippen LogP contribution < -0.4 is 10.6 Å². The fourth-order valence-electron chi connectivity index (χ4n) is 6.04. The molecule has 0 aromatic carbocycles. The van der Waals surface area contributed by atoms with Gasteiger partial charge in [-0.2, -0.15) is 0 Å². The predicted molar refractivity (Wildman–Crippen MR) is 95.7 cm³/mol. The molecule has 2 aliphatic carbocycles. The van der Waals surface area contributed by atoms with Gasteiger partial charge in [-0.3, -0.25) is 9.59 Å². The summed E-state index contributed by atoms with van der Waals surface area (Å²) >= 11 is 0. The van der Waals surface area contributed by atoms with Crippen molar-refractivity contribution in [1.29, 1.82) is 0 Å². The van der Waals surface area contributed by atoms with Crippen LogP contribution in [0.15, 0.2) is 0 Å². The summed E-state index contributed by atoms with van der Waals surface area (Å²) in [6.45, 7) is 5.28. The number of hydrogen-bond acceptors (Lipinski definition) is 3. The molecular weight excluding hydrogens is 300 g/mol. The second kappa shape index (κ2) is 7.15. The maximum Gasteiger partial charge on any atom is 0.207 e. The Bertz CT molecular complexity index is 480. The molecule has 1 amide bonds. The van der Waals surface area contributed by atoms with Gasteiger partial charge in [-0.25, -0.2) is 0 Å². The van der Waals surface area contributed by atoms with Gasteiger partial charge >= 0.3 is 0 Å². The van der Waals surface area contributed by atoms with E-state index < -0.39 is 0 Å². The fraction of sp³-hybridized carbons (Fsp3) is 0.900. The first kappa shape index (κ1) is 17.9. The van der Waals surface area contributed by atoms with Crippen molar-refractivity contribution in [1.82, 2.24) is 10.6 Å². The van der Waals surface area contributed by atoms with Crippen molar-refractivity contribution in [3.05, 3.63) is 0 Å². The molecule has 3 aliphatic rings. The molecule has 1 aliphatic heterocycles. The molecule has 24 heavy (non-hydrogen) atoms. The van der Waals surface area contributed by atoms with Crippen LogP contribution in [0.4, 0.5) is 0 Å². The lowest BCUT2D eigenvalue weighted by Crippen LogP contribution is -2.71. The standard InChI is InChI=1S/C20H34N2O2/c1-19-15-10-6-4-3-5-7-11-16(15)20(19,2)22-17(18(19)24)12-8-9-13-21-14-23/h14-17,22H,3-13H2,1-2H3,(H,21,23). The molecular formula is C20H34N2O2. The van der Waals surface area contributed by atoms with Gasteiger partial charge in [0.1, 0.15) is 0 Å². The molecule has 2 saturated carbocycles. The Morgan fingerprint density at radius 3 is 2.46 bits per heavy atom. The van der Waals surface area contributed by atoms with E-state index in [-0.39, 0.29) is 17.0 Å². The van der Waals surface area contributed by atoms with Gasteiger partial charge in [-0.1, -0.05) is 39.0 Å². The van der Waals surface area contributed by atoms with Crippen LogP contribution in [0.3, 0.4) is 0 Å². The highest BCUT2D eigenvalue weighted by atomic mass is 16.1. The van der Waals surface area contributed by atoms with E-state index in [0.29, 0.717) is 24.2 Å². The molecule has 0 radical (unpaired) electrons. The number of amides is 1. The van der Waals surface area contributed by atoms with Gasteiger partial charge in [0.25, 0.3) is 0 Å². The molecule has 0 aromatic rings. The average molecular weight is 335 g/mol. The van der Waals surface area contributed by atoms with E-state index in [9.17, 15) is 9.59 Å². The van der Waals surface area contributed by atoms with Crippen LogP contribution >= 0.6 is 0 Å². The monoisotopic (exact) mass is 334 g/mol. The second-order valence-electron chi connectivity index (χ2n) is 8.59. The molecule has 4 heteroatoms. The minimum Gasteiger partial charge on any atom is -0.359 e. The van der Waals surface area contributed by atoms with Crippen molar-refractivity contribution in [2.45, 2.75) is 89.6 Å². The lowest BCUT2D eigenvalue weighted by atomic mass is 9.42. The van der Waals surface area contributed by atoms with E-state index in [1.54, 1.807) is 0 Å². The Hall–Kier alpha value is -0.900. The molecule has 0 aromatic heterocycles. The highest BCUT2D eigenvalue weighted by Crippen LogP contribution is 2.65. The van der Waals surface area contributed by atoms with Gasteiger partial charge in [0.15, 0.2) is 5.78 Å². The van der Waals surface area contributed by atoms with Gasteiger partial charge in [0, 0.05) is 17.5 Å². The van der Waals surface area contributed by atoms with Crippen molar-refractivity contribution in [2.24, 2.45) is 17.3 Å². The first-order chi connectivity index (χ1) is 11.6. The normalized spacial score (nSPS) is 42.1. The van der Waals surface area contributed by atoms with Gasteiger partial charge in [-0.05, 0) is 50.9 Å². The molecule has 1 heterocycles. The van der Waals surface area contributed by atoms with Crippen LogP contribution in [0.2, 0.25) is 0 Å². The highest BCUT2D eigenvalue weighted by Gasteiger charge is 2.73. The third-order valence-electron chi connectivity index (χ3n) is 7.53. The highest BCUT2D eigenvalue weighted by molar-refractivity contribution is 5.95. The quantitative estimate of drug-likeness (QED) is 0.579. The number of carbonyl (C=O) groups is 2. The number of carbonyl (C=O) groups excluding carboxylic acids is 2. The van der Waals surface area contributed by atoms with E-state index in [0.717, 1.165) is 25.7 Å². The summed E-state index contributed by atoms with van der Waals surface area (Å²) in [5.41, 5.74) is -0.154. The van der Waals surface area contributed by atoms with Gasteiger partial charge in [-0.15, -0.1) is 0 Å². The summed E-state index contributed by atoms with van der Waals surface area (Å²) in [6.07, 6.45) is 12.8. The summed E-state index contributed by atoms with van der Waals surface area (Å²) in [7, 11) is 0. The molecule has 5 unspecified atom stereocenters. The maximum atomic E-state index is 13.2. The molecule has 4 nitrogen and oxygen atoms in total. The smallest absolute Gasteiger partial charge is 0.207 e. The number of ketones is 1. The maximum absolute atomic E-state index is 13.2. The molecule has 136 valence electrons. The lowest BCUT2D eigenvalue weighted by molar-refractivity contribution is -0.157. The Morgan fingerprint density at radius 2 is 1.75 bits per heavy atom. The summed E-state index contributed by atoms with van der Waals surface area (Å²) in [5, 5.41) is 6.48. The topological polar surface area (TPSA) is 58.2 Å². The minimum atomic E-state index is -0.159. The predicted octanol–water partition coefficient (Wildman–Crippen LogP) is 3.20. The largest absolute Gasteiger partial charge is 0.359 e. The zero-order valence-corrected chi connectivity index (χ0v) is 15.4. The first-order valence-electron chi connectivity index (χ1n) is 10.0. The Balaban J connectivity index is 1.65. The van der Waals surface area contributed by atoms with Gasteiger partial charge in [0.05, 0.1) is 6.04 Å². The number of fused-ring (bicyclic) bond motifs is 4.